The SMILES string of the molecule is C=Cc1ccc(Oc2ccc(C3(c4ccc(F)c(F)c4F)c4ccccc4-c4ccc(N(c5ccc(-c6ccc(F)cc6)cc5)c5ccc6c(c5)C(c5ccc(Oc7ccc(C=C)cc7)cc5)(c5ccc(F)c(F)c5F)c5ccccc5-6)cc43)cc2)cc1. The van der Waals surface area contributed by atoms with Gasteiger partial charge in [-0.1, -0.05) is 171 Å². The maximum Gasteiger partial charge on any atom is 0.194 e. The number of hydrogen-bond acceptors (Lipinski definition) is 3. The molecule has 0 aliphatic heterocycles. The van der Waals surface area contributed by atoms with E-state index in [0.717, 1.165) is 45.5 Å². The van der Waals surface area contributed by atoms with Gasteiger partial charge in [0, 0.05) is 28.2 Å². The number of anilines is 3. The summed E-state index contributed by atoms with van der Waals surface area (Å²) in [6.45, 7) is 7.68. The molecule has 10 heteroatoms. The molecule has 0 heterocycles. The van der Waals surface area contributed by atoms with E-state index in [2.05, 4.69) is 13.2 Å². The molecule has 2 aliphatic carbocycles. The standard InChI is InChI=1S/C78H48F7NO2/c1-3-47-13-31-57(32-14-47)87-59-35-21-51(22-36-59)77(67-41-43-71(80)75(84)73(67)82)65-11-7-5-9-61(65)63-39-29-55(45-69(63)77)86(54-27-19-50(20-28-54)49-17-25-53(79)26-18-49)56-30-40-64-62-10-6-8-12-66(62)78(70(64)46-56,68-42-44-72(81)76(85)74(68)83)52-23-37-60(38-24-52)88-58-33-15-48(4-2)16-34-58/h3-46H,1-2H2. The third kappa shape index (κ3) is 8.89. The first-order valence-corrected chi connectivity index (χ1v) is 28.3. The highest BCUT2D eigenvalue weighted by Gasteiger charge is 2.51. The Labute approximate surface area is 503 Å². The van der Waals surface area contributed by atoms with Crippen molar-refractivity contribution in [2.75, 3.05) is 4.90 Å². The number of nitrogens with zero attached hydrogens (tertiary/aromatic N) is 1. The molecule has 0 amide bonds. The van der Waals surface area contributed by atoms with Crippen LogP contribution in [0.5, 0.6) is 23.0 Å². The van der Waals surface area contributed by atoms with Gasteiger partial charge in [0.25, 0.3) is 0 Å². The van der Waals surface area contributed by atoms with Crippen molar-refractivity contribution in [1.29, 1.82) is 0 Å². The molecule has 2 unspecified atom stereocenters. The minimum absolute atomic E-state index is 0.144. The van der Waals surface area contributed by atoms with Crippen molar-refractivity contribution in [3.8, 4) is 56.4 Å². The Kier molecular flexibility index (Phi) is 13.6. The fourth-order valence-corrected chi connectivity index (χ4v) is 13.0. The summed E-state index contributed by atoms with van der Waals surface area (Å²) < 4.78 is 124. The van der Waals surface area contributed by atoms with E-state index in [1.54, 1.807) is 72.8 Å². The lowest BCUT2D eigenvalue weighted by atomic mass is 9.67. The zero-order valence-electron chi connectivity index (χ0n) is 46.7. The molecule has 426 valence electrons. The van der Waals surface area contributed by atoms with Gasteiger partial charge in [0.2, 0.25) is 0 Å². The summed E-state index contributed by atoms with van der Waals surface area (Å²) in [7, 11) is 0. The Morgan fingerprint density at radius 2 is 0.659 bits per heavy atom. The summed E-state index contributed by atoms with van der Waals surface area (Å²) in [6.07, 6.45) is 3.45. The van der Waals surface area contributed by atoms with Gasteiger partial charge in [-0.25, -0.2) is 30.7 Å². The molecule has 0 N–H and O–H groups in total. The van der Waals surface area contributed by atoms with E-state index in [1.165, 1.54) is 24.3 Å². The number of benzene rings is 12. The van der Waals surface area contributed by atoms with E-state index in [4.69, 9.17) is 9.47 Å². The molecule has 3 nitrogen and oxygen atoms in total. The Hall–Kier alpha value is -11.0. The lowest BCUT2D eigenvalue weighted by Crippen LogP contribution is -2.31. The Morgan fingerprint density at radius 1 is 0.307 bits per heavy atom. The molecule has 0 spiro atoms. The molecular formula is C78H48F7NO2. The highest BCUT2D eigenvalue weighted by molar-refractivity contribution is 5.93. The molecule has 0 bridgehead atoms. The second-order valence-corrected chi connectivity index (χ2v) is 21.7. The highest BCUT2D eigenvalue weighted by atomic mass is 19.2. The third-order valence-corrected chi connectivity index (χ3v) is 17.0. The average Bonchev–Trinajstić information content (AvgIpc) is 1.98. The van der Waals surface area contributed by atoms with E-state index in [-0.39, 0.29) is 16.9 Å². The topological polar surface area (TPSA) is 21.7 Å². The maximum absolute atomic E-state index is 17.3. The number of fused-ring (bicyclic) bond motifs is 6. The first-order valence-electron chi connectivity index (χ1n) is 28.3. The van der Waals surface area contributed by atoms with Crippen molar-refractivity contribution in [3.05, 3.63) is 364 Å². The van der Waals surface area contributed by atoms with E-state index in [0.29, 0.717) is 84.6 Å². The first-order chi connectivity index (χ1) is 42.9. The summed E-state index contributed by atoms with van der Waals surface area (Å²) >= 11 is 0. The lowest BCUT2D eigenvalue weighted by Gasteiger charge is -2.36. The van der Waals surface area contributed by atoms with Gasteiger partial charge in [0.15, 0.2) is 34.9 Å². The van der Waals surface area contributed by atoms with Gasteiger partial charge in [-0.2, -0.15) is 0 Å². The van der Waals surface area contributed by atoms with Gasteiger partial charge >= 0.3 is 0 Å². The Bertz CT molecular complexity index is 4460. The smallest absolute Gasteiger partial charge is 0.194 e. The van der Waals surface area contributed by atoms with E-state index in [1.807, 2.05) is 163 Å². The van der Waals surface area contributed by atoms with Crippen LogP contribution in [0.1, 0.15) is 55.6 Å². The lowest BCUT2D eigenvalue weighted by molar-refractivity contribution is 0.435. The minimum Gasteiger partial charge on any atom is -0.457 e. The van der Waals surface area contributed by atoms with Gasteiger partial charge in [0.05, 0.1) is 10.8 Å². The molecular weight excluding hydrogens is 1120 g/mol. The van der Waals surface area contributed by atoms with Gasteiger partial charge in [-0.3, -0.25) is 0 Å². The van der Waals surface area contributed by atoms with Crippen LogP contribution in [0.15, 0.2) is 268 Å². The van der Waals surface area contributed by atoms with E-state index < -0.39 is 45.7 Å². The van der Waals surface area contributed by atoms with Gasteiger partial charge in [-0.05, 0) is 187 Å². The van der Waals surface area contributed by atoms with Crippen LogP contribution >= 0.6 is 0 Å². The largest absolute Gasteiger partial charge is 0.457 e. The monoisotopic (exact) mass is 1160 g/mol. The van der Waals surface area contributed by atoms with Crippen molar-refractivity contribution >= 4 is 29.2 Å². The predicted molar refractivity (Wildman–Crippen MR) is 334 cm³/mol. The van der Waals surface area contributed by atoms with Crippen LogP contribution in [-0.2, 0) is 10.8 Å². The zero-order valence-corrected chi connectivity index (χ0v) is 46.7. The van der Waals surface area contributed by atoms with E-state index >= 15 is 26.3 Å². The predicted octanol–water partition coefficient (Wildman–Crippen LogP) is 21.4. The van der Waals surface area contributed by atoms with Crippen molar-refractivity contribution in [1.82, 2.24) is 0 Å². The first kappa shape index (κ1) is 54.9. The molecule has 2 atom stereocenters. The van der Waals surface area contributed by atoms with Crippen LogP contribution in [0.25, 0.3) is 45.5 Å². The summed E-state index contributed by atoms with van der Waals surface area (Å²) in [5.74, 6) is -7.06. The number of ether oxygens (including phenoxy) is 2. The van der Waals surface area contributed by atoms with Crippen LogP contribution < -0.4 is 14.4 Å². The minimum atomic E-state index is -1.63. The van der Waals surface area contributed by atoms with Crippen molar-refractivity contribution in [3.63, 3.8) is 0 Å². The van der Waals surface area contributed by atoms with Gasteiger partial charge in [-0.15, -0.1) is 0 Å². The molecule has 0 aromatic heterocycles. The normalized spacial score (nSPS) is 15.2. The maximum atomic E-state index is 17.3. The fourth-order valence-electron chi connectivity index (χ4n) is 13.0. The second kappa shape index (κ2) is 21.8. The summed E-state index contributed by atoms with van der Waals surface area (Å²) in [5, 5.41) is 0. The number of halogens is 7. The molecule has 0 fully saturated rings. The van der Waals surface area contributed by atoms with Crippen LogP contribution in [-0.4, -0.2) is 0 Å². The second-order valence-electron chi connectivity index (χ2n) is 21.7. The highest BCUT2D eigenvalue weighted by Crippen LogP contribution is 2.61. The molecule has 14 rings (SSSR count). The molecule has 0 radical (unpaired) electrons. The molecule has 0 saturated heterocycles. The average molecular weight is 1160 g/mol. The Morgan fingerprint density at radius 3 is 1.06 bits per heavy atom. The molecule has 12 aromatic rings. The molecule has 2 aliphatic rings. The molecule has 12 aromatic carbocycles. The molecule has 88 heavy (non-hydrogen) atoms. The van der Waals surface area contributed by atoms with Gasteiger partial charge < -0.3 is 14.4 Å². The van der Waals surface area contributed by atoms with Crippen LogP contribution in [0.4, 0.5) is 47.8 Å². The zero-order chi connectivity index (χ0) is 60.4. The van der Waals surface area contributed by atoms with Gasteiger partial charge in [0.1, 0.15) is 28.8 Å². The Balaban J connectivity index is 0.997. The van der Waals surface area contributed by atoms with Crippen molar-refractivity contribution in [2.45, 2.75) is 10.8 Å². The number of rotatable bonds is 14. The fraction of sp³-hybridized carbons (Fsp3) is 0.0256. The quantitative estimate of drug-likeness (QED) is 0.0800. The third-order valence-electron chi connectivity index (χ3n) is 17.0. The van der Waals surface area contributed by atoms with Crippen molar-refractivity contribution < 1.29 is 40.2 Å². The van der Waals surface area contributed by atoms with Crippen LogP contribution in [0.2, 0.25) is 0 Å². The molecule has 0 saturated carbocycles. The summed E-state index contributed by atoms with van der Waals surface area (Å²) in [4.78, 5) is 1.98. The summed E-state index contributed by atoms with van der Waals surface area (Å²) in [5.41, 5.74) is 7.58. The van der Waals surface area contributed by atoms with Crippen molar-refractivity contribution in [2.24, 2.45) is 0 Å². The van der Waals surface area contributed by atoms with Crippen LogP contribution in [0, 0.1) is 40.7 Å². The van der Waals surface area contributed by atoms with Crippen LogP contribution in [0.3, 0.4) is 0 Å². The van der Waals surface area contributed by atoms with E-state index in [9.17, 15) is 4.39 Å². The summed E-state index contributed by atoms with van der Waals surface area (Å²) in [6, 6.07) is 73.6. The number of hydrogen-bond donors (Lipinski definition) is 0.